The number of hydrogen-bond donors (Lipinski definition) is 2. The zero-order valence-corrected chi connectivity index (χ0v) is 17.6. The molecule has 1 heterocycles. The normalized spacial score (nSPS) is 26.9. The largest absolute Gasteiger partial charge is 0.371 e. The molecule has 0 amide bonds. The molecule has 0 radical (unpaired) electrons. The van der Waals surface area contributed by atoms with Crippen molar-refractivity contribution in [3.63, 3.8) is 0 Å². The summed E-state index contributed by atoms with van der Waals surface area (Å²) in [5.74, 6) is 1.64. The van der Waals surface area contributed by atoms with Gasteiger partial charge in [-0.3, -0.25) is 4.99 Å². The molecule has 2 fully saturated rings. The van der Waals surface area contributed by atoms with Crippen LogP contribution in [-0.2, 0) is 0 Å². The number of anilines is 1. The van der Waals surface area contributed by atoms with Crippen molar-refractivity contribution < 1.29 is 0 Å². The van der Waals surface area contributed by atoms with Crippen LogP contribution in [0.3, 0.4) is 0 Å². The molecule has 2 aliphatic rings. The summed E-state index contributed by atoms with van der Waals surface area (Å²) in [5, 5.41) is 7.97. The minimum atomic E-state index is 0.575. The molecule has 0 bridgehead atoms. The average Bonchev–Trinajstić information content (AvgIpc) is 3.28. The van der Waals surface area contributed by atoms with Gasteiger partial charge in [0, 0.05) is 48.1 Å². The monoisotopic (exact) mass is 424 g/mol. The van der Waals surface area contributed by atoms with E-state index in [4.69, 9.17) is 0 Å². The molecule has 25 heavy (non-hydrogen) atoms. The third-order valence-electron chi connectivity index (χ3n) is 5.32. The fourth-order valence-corrected chi connectivity index (χ4v) is 4.86. The highest BCUT2D eigenvalue weighted by molar-refractivity contribution is 9.10. The van der Waals surface area contributed by atoms with Crippen molar-refractivity contribution in [2.75, 3.05) is 37.8 Å². The Labute approximate surface area is 164 Å². The van der Waals surface area contributed by atoms with Crippen LogP contribution in [0.25, 0.3) is 0 Å². The number of benzene rings is 1. The predicted molar refractivity (Wildman–Crippen MR) is 114 cm³/mol. The lowest BCUT2D eigenvalue weighted by molar-refractivity contribution is 0.552. The van der Waals surface area contributed by atoms with Crippen LogP contribution in [-0.4, -0.2) is 50.2 Å². The van der Waals surface area contributed by atoms with E-state index < -0.39 is 0 Å². The summed E-state index contributed by atoms with van der Waals surface area (Å²) >= 11 is 5.50. The Morgan fingerprint density at radius 3 is 2.76 bits per heavy atom. The SMILES string of the molecule is CN=C(NCC1CCN(c2ccc(Br)cc2)C1)NC1CCC(SC)C1. The van der Waals surface area contributed by atoms with Crippen LogP contribution >= 0.6 is 27.7 Å². The molecular weight excluding hydrogens is 396 g/mol. The van der Waals surface area contributed by atoms with Gasteiger partial charge in [0.05, 0.1) is 0 Å². The van der Waals surface area contributed by atoms with Crippen LogP contribution in [0.5, 0.6) is 0 Å². The first kappa shape index (κ1) is 18.9. The molecule has 138 valence electrons. The summed E-state index contributed by atoms with van der Waals surface area (Å²) in [6.07, 6.45) is 7.28. The first-order chi connectivity index (χ1) is 12.2. The molecule has 1 aliphatic carbocycles. The first-order valence-corrected chi connectivity index (χ1v) is 11.3. The lowest BCUT2D eigenvalue weighted by Gasteiger charge is -2.21. The Balaban J connectivity index is 1.43. The van der Waals surface area contributed by atoms with Gasteiger partial charge in [-0.25, -0.2) is 0 Å². The van der Waals surface area contributed by atoms with Crippen LogP contribution in [0.15, 0.2) is 33.7 Å². The highest BCUT2D eigenvalue weighted by atomic mass is 79.9. The molecule has 1 aliphatic heterocycles. The van der Waals surface area contributed by atoms with Gasteiger partial charge >= 0.3 is 0 Å². The standard InChI is InChI=1S/C19H29BrN4S/c1-21-19(23-16-5-8-18(11-16)25-2)22-12-14-9-10-24(13-14)17-6-3-15(20)4-7-17/h3-4,6-7,14,16,18H,5,8-13H2,1-2H3,(H2,21,22,23). The molecular formula is C19H29BrN4S. The molecule has 1 aromatic carbocycles. The Kier molecular flexibility index (Phi) is 6.93. The van der Waals surface area contributed by atoms with Crippen LogP contribution in [0, 0.1) is 5.92 Å². The van der Waals surface area contributed by atoms with Crippen molar-refractivity contribution in [3.05, 3.63) is 28.7 Å². The van der Waals surface area contributed by atoms with E-state index in [1.807, 2.05) is 18.8 Å². The first-order valence-electron chi connectivity index (χ1n) is 9.18. The second kappa shape index (κ2) is 9.17. The lowest BCUT2D eigenvalue weighted by atomic mass is 10.1. The van der Waals surface area contributed by atoms with Crippen LogP contribution in [0.4, 0.5) is 5.69 Å². The van der Waals surface area contributed by atoms with Gasteiger partial charge in [-0.1, -0.05) is 15.9 Å². The number of rotatable bonds is 5. The highest BCUT2D eigenvalue weighted by Gasteiger charge is 2.26. The maximum Gasteiger partial charge on any atom is 0.191 e. The summed E-state index contributed by atoms with van der Waals surface area (Å²) in [6, 6.07) is 9.21. The second-order valence-corrected chi connectivity index (χ2v) is 9.10. The minimum absolute atomic E-state index is 0.575. The zero-order chi connectivity index (χ0) is 17.6. The summed E-state index contributed by atoms with van der Waals surface area (Å²) < 4.78 is 1.14. The van der Waals surface area contributed by atoms with E-state index in [1.165, 1.54) is 31.4 Å². The summed E-state index contributed by atoms with van der Waals surface area (Å²) in [6.45, 7) is 3.24. The molecule has 3 rings (SSSR count). The lowest BCUT2D eigenvalue weighted by Crippen LogP contribution is -2.44. The van der Waals surface area contributed by atoms with E-state index in [1.54, 1.807) is 0 Å². The van der Waals surface area contributed by atoms with Crippen LogP contribution in [0.1, 0.15) is 25.7 Å². The zero-order valence-electron chi connectivity index (χ0n) is 15.2. The average molecular weight is 425 g/mol. The molecule has 3 atom stereocenters. The van der Waals surface area contributed by atoms with Crippen LogP contribution < -0.4 is 15.5 Å². The maximum atomic E-state index is 4.42. The van der Waals surface area contributed by atoms with E-state index >= 15 is 0 Å². The van der Waals surface area contributed by atoms with E-state index in [9.17, 15) is 0 Å². The molecule has 1 saturated carbocycles. The fourth-order valence-electron chi connectivity index (χ4n) is 3.80. The topological polar surface area (TPSA) is 39.7 Å². The number of guanidine groups is 1. The number of nitrogens with one attached hydrogen (secondary N) is 2. The van der Waals surface area contributed by atoms with Crippen molar-refractivity contribution in [2.24, 2.45) is 10.9 Å². The van der Waals surface area contributed by atoms with Gasteiger partial charge in [0.25, 0.3) is 0 Å². The van der Waals surface area contributed by atoms with Crippen molar-refractivity contribution in [1.82, 2.24) is 10.6 Å². The number of nitrogens with zero attached hydrogens (tertiary/aromatic N) is 2. The fraction of sp³-hybridized carbons (Fsp3) is 0.632. The third-order valence-corrected chi connectivity index (χ3v) is 6.94. The Bertz CT molecular complexity index is 577. The molecule has 0 spiro atoms. The Morgan fingerprint density at radius 2 is 2.08 bits per heavy atom. The van der Waals surface area contributed by atoms with Crippen LogP contribution in [0.2, 0.25) is 0 Å². The van der Waals surface area contributed by atoms with Gasteiger partial charge in [0.2, 0.25) is 0 Å². The van der Waals surface area contributed by atoms with Gasteiger partial charge in [-0.05, 0) is 62.1 Å². The Morgan fingerprint density at radius 1 is 1.28 bits per heavy atom. The van der Waals surface area contributed by atoms with E-state index in [0.717, 1.165) is 35.3 Å². The molecule has 1 saturated heterocycles. The van der Waals surface area contributed by atoms with Gasteiger partial charge in [0.1, 0.15) is 0 Å². The van der Waals surface area contributed by atoms with Gasteiger partial charge in [-0.2, -0.15) is 11.8 Å². The van der Waals surface area contributed by atoms with Crippen molar-refractivity contribution in [3.8, 4) is 0 Å². The van der Waals surface area contributed by atoms with E-state index in [2.05, 4.69) is 67.0 Å². The predicted octanol–water partition coefficient (Wildman–Crippen LogP) is 3.72. The van der Waals surface area contributed by atoms with Crippen molar-refractivity contribution in [2.45, 2.75) is 37.0 Å². The van der Waals surface area contributed by atoms with E-state index in [0.29, 0.717) is 12.0 Å². The molecule has 1 aromatic rings. The molecule has 3 unspecified atom stereocenters. The highest BCUT2D eigenvalue weighted by Crippen LogP contribution is 2.28. The number of halogens is 1. The van der Waals surface area contributed by atoms with Gasteiger partial charge in [-0.15, -0.1) is 0 Å². The van der Waals surface area contributed by atoms with Gasteiger partial charge < -0.3 is 15.5 Å². The van der Waals surface area contributed by atoms with E-state index in [-0.39, 0.29) is 0 Å². The molecule has 4 nitrogen and oxygen atoms in total. The third kappa shape index (κ3) is 5.30. The summed E-state index contributed by atoms with van der Waals surface area (Å²) in [4.78, 5) is 6.90. The number of hydrogen-bond acceptors (Lipinski definition) is 3. The number of aliphatic imine (C=N–C) groups is 1. The molecule has 2 N–H and O–H groups in total. The molecule has 0 aromatic heterocycles. The van der Waals surface area contributed by atoms with Gasteiger partial charge in [0.15, 0.2) is 5.96 Å². The smallest absolute Gasteiger partial charge is 0.191 e. The second-order valence-electron chi connectivity index (χ2n) is 7.04. The van der Waals surface area contributed by atoms with Crippen molar-refractivity contribution >= 4 is 39.3 Å². The summed E-state index contributed by atoms with van der Waals surface area (Å²) in [5.41, 5.74) is 1.32. The number of thioether (sulfide) groups is 1. The Hall–Kier alpha value is -0.880. The minimum Gasteiger partial charge on any atom is -0.371 e. The van der Waals surface area contributed by atoms with Crippen molar-refractivity contribution in [1.29, 1.82) is 0 Å². The maximum absolute atomic E-state index is 4.42. The summed E-state index contributed by atoms with van der Waals surface area (Å²) in [7, 11) is 1.87. The molecule has 6 heteroatoms. The quantitative estimate of drug-likeness (QED) is 0.557.